The number of nitrogens with zero attached hydrogens (tertiary/aromatic N) is 1. The van der Waals surface area contributed by atoms with Crippen molar-refractivity contribution in [3.63, 3.8) is 0 Å². The van der Waals surface area contributed by atoms with Gasteiger partial charge in [0, 0.05) is 5.39 Å². The normalized spacial score (nSPS) is 10.1. The number of aromatic nitrogens is 2. The molecule has 5 nitrogen and oxygen atoms in total. The Hall–Kier alpha value is -2.89. The van der Waals surface area contributed by atoms with Crippen LogP contribution in [0.2, 0.25) is 0 Å². The van der Waals surface area contributed by atoms with Crippen LogP contribution >= 0.6 is 0 Å². The molecule has 3 rings (SSSR count). The van der Waals surface area contributed by atoms with Crippen LogP contribution in [0.15, 0.2) is 36.5 Å². The zero-order valence-electron chi connectivity index (χ0n) is 13.1. The third-order valence-electron chi connectivity index (χ3n) is 3.24. The number of H-pyrrole nitrogens is 1. The second-order valence-corrected chi connectivity index (χ2v) is 4.73. The molecule has 0 saturated carbocycles. The van der Waals surface area contributed by atoms with Gasteiger partial charge >= 0.3 is 5.97 Å². The highest BCUT2D eigenvalue weighted by molar-refractivity contribution is 6.05. The highest BCUT2D eigenvalue weighted by Crippen LogP contribution is 2.30. The number of nitrogens with one attached hydrogen (secondary N) is 2. The molecule has 3 N–H and O–H groups in total. The second kappa shape index (κ2) is 6.91. The molecule has 23 heavy (non-hydrogen) atoms. The summed E-state index contributed by atoms with van der Waals surface area (Å²) in [6.07, 6.45) is 1.51. The Morgan fingerprint density at radius 1 is 1.26 bits per heavy atom. The molecule has 0 fully saturated rings. The smallest absolute Gasteiger partial charge is 0.337 e. The Morgan fingerprint density at radius 3 is 2.65 bits per heavy atom. The number of anilines is 2. The minimum absolute atomic E-state index is 0.0591. The van der Waals surface area contributed by atoms with Gasteiger partial charge < -0.3 is 10.4 Å². The first kappa shape index (κ1) is 16.5. The van der Waals surface area contributed by atoms with Gasteiger partial charge in [-0.15, -0.1) is 0 Å². The molecule has 3 aromatic rings. The zero-order valence-corrected chi connectivity index (χ0v) is 13.1. The van der Waals surface area contributed by atoms with Crippen LogP contribution in [0.3, 0.4) is 0 Å². The van der Waals surface area contributed by atoms with E-state index in [2.05, 4.69) is 15.5 Å². The molecule has 6 heteroatoms. The van der Waals surface area contributed by atoms with E-state index >= 15 is 0 Å². The molecule has 0 spiro atoms. The molecular formula is C17H18FN3O2. The van der Waals surface area contributed by atoms with Gasteiger partial charge in [0.1, 0.15) is 5.82 Å². The standard InChI is InChI=1S/C15H12FN3O2.C2H6/c1-8-2-4-13(11(16)6-8)18-14-9(15(20)21)3-5-12-10(14)7-17-19-12;1-2/h2-7,18H,1H3,(H,17,19)(H,20,21);1-2H3. The van der Waals surface area contributed by atoms with Crippen molar-refractivity contribution >= 4 is 28.2 Å². The van der Waals surface area contributed by atoms with Crippen LogP contribution in [0, 0.1) is 12.7 Å². The molecule has 0 saturated heterocycles. The molecule has 2 aromatic carbocycles. The average Bonchev–Trinajstić information content (AvgIpc) is 3.00. The fourth-order valence-electron chi connectivity index (χ4n) is 2.19. The van der Waals surface area contributed by atoms with Crippen molar-refractivity contribution in [3.05, 3.63) is 53.5 Å². The Morgan fingerprint density at radius 2 is 2.00 bits per heavy atom. The number of aromatic amines is 1. The minimum atomic E-state index is -1.09. The van der Waals surface area contributed by atoms with Gasteiger partial charge in [-0.1, -0.05) is 19.9 Å². The molecule has 1 heterocycles. The quantitative estimate of drug-likeness (QED) is 0.666. The first-order valence-electron chi connectivity index (χ1n) is 7.29. The predicted octanol–water partition coefficient (Wildman–Crippen LogP) is 4.48. The van der Waals surface area contributed by atoms with Crippen LogP contribution in [-0.2, 0) is 0 Å². The first-order chi connectivity index (χ1) is 11.1. The van der Waals surface area contributed by atoms with E-state index in [9.17, 15) is 14.3 Å². The monoisotopic (exact) mass is 315 g/mol. The number of carboxylic acids is 1. The Bertz CT molecular complexity index is 843. The lowest BCUT2D eigenvalue weighted by Crippen LogP contribution is -2.04. The van der Waals surface area contributed by atoms with Gasteiger partial charge in [-0.05, 0) is 36.8 Å². The molecule has 0 atom stereocenters. The van der Waals surface area contributed by atoms with E-state index < -0.39 is 11.8 Å². The minimum Gasteiger partial charge on any atom is -0.478 e. The summed E-state index contributed by atoms with van der Waals surface area (Å²) in [5.41, 5.74) is 2.06. The predicted molar refractivity (Wildman–Crippen MR) is 88.8 cm³/mol. The third kappa shape index (κ3) is 3.31. The molecule has 0 aliphatic heterocycles. The molecule has 0 amide bonds. The summed E-state index contributed by atoms with van der Waals surface area (Å²) < 4.78 is 14.0. The maximum atomic E-state index is 14.0. The zero-order chi connectivity index (χ0) is 17.0. The van der Waals surface area contributed by atoms with Gasteiger partial charge in [-0.25, -0.2) is 9.18 Å². The van der Waals surface area contributed by atoms with Gasteiger partial charge in [-0.3, -0.25) is 5.10 Å². The maximum Gasteiger partial charge on any atom is 0.337 e. The topological polar surface area (TPSA) is 78.0 Å². The summed E-state index contributed by atoms with van der Waals surface area (Å²) in [4.78, 5) is 11.4. The van der Waals surface area contributed by atoms with Crippen molar-refractivity contribution in [2.24, 2.45) is 0 Å². The summed E-state index contributed by atoms with van der Waals surface area (Å²) in [5, 5.41) is 19.4. The lowest BCUT2D eigenvalue weighted by atomic mass is 10.1. The maximum absolute atomic E-state index is 14.0. The fraction of sp³-hybridized carbons (Fsp3) is 0.176. The van der Waals surface area contributed by atoms with Crippen molar-refractivity contribution in [3.8, 4) is 0 Å². The average molecular weight is 315 g/mol. The van der Waals surface area contributed by atoms with E-state index in [1.165, 1.54) is 18.3 Å². The summed E-state index contributed by atoms with van der Waals surface area (Å²) in [5.74, 6) is -1.53. The van der Waals surface area contributed by atoms with Crippen LogP contribution in [0.1, 0.15) is 29.8 Å². The lowest BCUT2D eigenvalue weighted by Gasteiger charge is -2.12. The van der Waals surface area contributed by atoms with Crippen LogP contribution in [0.5, 0.6) is 0 Å². The van der Waals surface area contributed by atoms with Crippen molar-refractivity contribution in [2.45, 2.75) is 20.8 Å². The summed E-state index contributed by atoms with van der Waals surface area (Å²) >= 11 is 0. The molecule has 0 aliphatic carbocycles. The van der Waals surface area contributed by atoms with Crippen LogP contribution < -0.4 is 5.32 Å². The van der Waals surface area contributed by atoms with Crippen molar-refractivity contribution in [1.29, 1.82) is 0 Å². The molecule has 120 valence electrons. The number of aromatic carboxylic acids is 1. The van der Waals surface area contributed by atoms with Gasteiger partial charge in [0.25, 0.3) is 0 Å². The van der Waals surface area contributed by atoms with Gasteiger partial charge in [0.05, 0.1) is 28.7 Å². The van der Waals surface area contributed by atoms with E-state index in [0.717, 1.165) is 5.56 Å². The van der Waals surface area contributed by atoms with E-state index in [4.69, 9.17) is 0 Å². The SMILES string of the molecule is CC.Cc1ccc(Nc2c(C(=O)O)ccc3[nH]ncc23)c(F)c1. The van der Waals surface area contributed by atoms with E-state index in [1.54, 1.807) is 25.1 Å². The van der Waals surface area contributed by atoms with Crippen molar-refractivity contribution in [2.75, 3.05) is 5.32 Å². The van der Waals surface area contributed by atoms with Crippen LogP contribution in [0.25, 0.3) is 10.9 Å². The fourth-order valence-corrected chi connectivity index (χ4v) is 2.19. The highest BCUT2D eigenvalue weighted by atomic mass is 19.1. The van der Waals surface area contributed by atoms with Crippen LogP contribution in [-0.4, -0.2) is 21.3 Å². The second-order valence-electron chi connectivity index (χ2n) is 4.73. The third-order valence-corrected chi connectivity index (χ3v) is 3.24. The Kier molecular flexibility index (Phi) is 4.95. The molecule has 1 aromatic heterocycles. The number of carbonyl (C=O) groups is 1. The molecule has 0 aliphatic rings. The van der Waals surface area contributed by atoms with E-state index in [0.29, 0.717) is 16.6 Å². The summed E-state index contributed by atoms with van der Waals surface area (Å²) in [6, 6.07) is 7.80. The summed E-state index contributed by atoms with van der Waals surface area (Å²) in [6.45, 7) is 5.78. The lowest BCUT2D eigenvalue weighted by molar-refractivity contribution is 0.0698. The molecule has 0 unspecified atom stereocenters. The number of carboxylic acid groups (broad SMARTS) is 1. The molecule has 0 bridgehead atoms. The first-order valence-corrected chi connectivity index (χ1v) is 7.29. The number of halogens is 1. The number of hydrogen-bond acceptors (Lipinski definition) is 3. The van der Waals surface area contributed by atoms with Gasteiger partial charge in [0.15, 0.2) is 0 Å². The van der Waals surface area contributed by atoms with Crippen molar-refractivity contribution < 1.29 is 14.3 Å². The van der Waals surface area contributed by atoms with Gasteiger partial charge in [-0.2, -0.15) is 5.10 Å². The molecular weight excluding hydrogens is 297 g/mol. The largest absolute Gasteiger partial charge is 0.478 e. The molecule has 0 radical (unpaired) electrons. The number of aryl methyl sites for hydroxylation is 1. The number of fused-ring (bicyclic) bond motifs is 1. The Balaban J connectivity index is 0.000000924. The van der Waals surface area contributed by atoms with E-state index in [1.807, 2.05) is 13.8 Å². The van der Waals surface area contributed by atoms with E-state index in [-0.39, 0.29) is 11.3 Å². The highest BCUT2D eigenvalue weighted by Gasteiger charge is 2.16. The number of rotatable bonds is 3. The van der Waals surface area contributed by atoms with Crippen molar-refractivity contribution in [1.82, 2.24) is 10.2 Å². The number of benzene rings is 2. The Labute approximate surface area is 133 Å². The van der Waals surface area contributed by atoms with Gasteiger partial charge in [0.2, 0.25) is 0 Å². The number of hydrogen-bond donors (Lipinski definition) is 3. The summed E-state index contributed by atoms with van der Waals surface area (Å²) in [7, 11) is 0. The van der Waals surface area contributed by atoms with Crippen LogP contribution in [0.4, 0.5) is 15.8 Å².